The van der Waals surface area contributed by atoms with Crippen LogP contribution in [0, 0.1) is 17.2 Å². The van der Waals surface area contributed by atoms with Crippen molar-refractivity contribution in [2.75, 3.05) is 32.7 Å². The van der Waals surface area contributed by atoms with Gasteiger partial charge in [0.2, 0.25) is 5.91 Å². The van der Waals surface area contributed by atoms with Crippen LogP contribution in [-0.4, -0.2) is 54.0 Å². The SMILES string of the molecule is C[C@@](C#N)(NC(=O)CN1CCN(Cc2cccs2)CC1)C1CC1. The normalized spacial score (nSPS) is 22.3. The fraction of sp³-hybridized carbons (Fsp3) is 0.647. The molecule has 5 nitrogen and oxygen atoms in total. The molecule has 6 heteroatoms. The molecular weight excluding hydrogens is 308 g/mol. The molecule has 0 spiro atoms. The van der Waals surface area contributed by atoms with Gasteiger partial charge in [0.05, 0.1) is 12.6 Å². The lowest BCUT2D eigenvalue weighted by Crippen LogP contribution is -2.53. The molecule has 1 aliphatic carbocycles. The molecule has 0 aromatic carbocycles. The molecule has 2 heterocycles. The quantitative estimate of drug-likeness (QED) is 0.861. The molecule has 0 bridgehead atoms. The zero-order valence-corrected chi connectivity index (χ0v) is 14.4. The minimum Gasteiger partial charge on any atom is -0.337 e. The van der Waals surface area contributed by atoms with Crippen molar-refractivity contribution in [3.8, 4) is 6.07 Å². The molecule has 1 aromatic rings. The van der Waals surface area contributed by atoms with Crippen LogP contribution in [0.4, 0.5) is 0 Å². The number of nitrogens with one attached hydrogen (secondary N) is 1. The van der Waals surface area contributed by atoms with E-state index in [-0.39, 0.29) is 5.91 Å². The lowest BCUT2D eigenvalue weighted by molar-refractivity contribution is -0.124. The van der Waals surface area contributed by atoms with Gasteiger partial charge in [-0.15, -0.1) is 11.3 Å². The zero-order valence-electron chi connectivity index (χ0n) is 13.6. The fourth-order valence-corrected chi connectivity index (χ4v) is 3.89. The fourth-order valence-electron chi connectivity index (χ4n) is 3.14. The highest BCUT2D eigenvalue weighted by molar-refractivity contribution is 7.09. The first kappa shape index (κ1) is 16.4. The number of hydrogen-bond donors (Lipinski definition) is 1. The van der Waals surface area contributed by atoms with Crippen molar-refractivity contribution in [3.63, 3.8) is 0 Å². The van der Waals surface area contributed by atoms with Crippen molar-refractivity contribution >= 4 is 17.2 Å². The van der Waals surface area contributed by atoms with Crippen molar-refractivity contribution in [2.45, 2.75) is 31.8 Å². The molecule has 23 heavy (non-hydrogen) atoms. The Balaban J connectivity index is 1.41. The number of amides is 1. The molecule has 2 aliphatic rings. The number of nitriles is 1. The van der Waals surface area contributed by atoms with Gasteiger partial charge in [-0.1, -0.05) is 6.07 Å². The van der Waals surface area contributed by atoms with Gasteiger partial charge in [0.1, 0.15) is 5.54 Å². The first-order valence-corrected chi connectivity index (χ1v) is 9.16. The van der Waals surface area contributed by atoms with Crippen LogP contribution in [0.2, 0.25) is 0 Å². The summed E-state index contributed by atoms with van der Waals surface area (Å²) in [6.45, 7) is 7.05. The molecule has 1 saturated carbocycles. The summed E-state index contributed by atoms with van der Waals surface area (Å²) in [7, 11) is 0. The average molecular weight is 332 g/mol. The maximum absolute atomic E-state index is 12.2. The van der Waals surface area contributed by atoms with Crippen LogP contribution >= 0.6 is 11.3 Å². The predicted octanol–water partition coefficient (Wildman–Crippen LogP) is 1.67. The van der Waals surface area contributed by atoms with Crippen molar-refractivity contribution in [1.29, 1.82) is 5.26 Å². The van der Waals surface area contributed by atoms with Gasteiger partial charge in [-0.3, -0.25) is 14.6 Å². The van der Waals surface area contributed by atoms with E-state index in [2.05, 4.69) is 38.7 Å². The Hall–Kier alpha value is -1.42. The molecule has 2 fully saturated rings. The third-order valence-electron chi connectivity index (χ3n) is 4.82. The highest BCUT2D eigenvalue weighted by Crippen LogP contribution is 2.39. The number of carbonyl (C=O) groups is 1. The van der Waals surface area contributed by atoms with Crippen molar-refractivity contribution in [1.82, 2.24) is 15.1 Å². The summed E-state index contributed by atoms with van der Waals surface area (Å²) in [5.41, 5.74) is -0.682. The first-order valence-electron chi connectivity index (χ1n) is 8.28. The van der Waals surface area contributed by atoms with Gasteiger partial charge in [-0.2, -0.15) is 5.26 Å². The Morgan fingerprint density at radius 2 is 2.09 bits per heavy atom. The predicted molar refractivity (Wildman–Crippen MR) is 90.9 cm³/mol. The van der Waals surface area contributed by atoms with Gasteiger partial charge < -0.3 is 5.32 Å². The molecule has 0 radical (unpaired) electrons. The van der Waals surface area contributed by atoms with Crippen LogP contribution in [0.25, 0.3) is 0 Å². The number of piperazine rings is 1. The largest absolute Gasteiger partial charge is 0.337 e. The van der Waals surface area contributed by atoms with Crippen molar-refractivity contribution < 1.29 is 4.79 Å². The molecule has 1 N–H and O–H groups in total. The molecule has 124 valence electrons. The highest BCUT2D eigenvalue weighted by Gasteiger charge is 2.43. The molecule has 1 aromatic heterocycles. The molecule has 1 atom stereocenters. The maximum atomic E-state index is 12.2. The number of hydrogen-bond acceptors (Lipinski definition) is 5. The minimum atomic E-state index is -0.682. The van der Waals surface area contributed by atoms with Gasteiger partial charge in [0, 0.05) is 37.6 Å². The Morgan fingerprint density at radius 3 is 2.65 bits per heavy atom. The van der Waals surface area contributed by atoms with E-state index < -0.39 is 5.54 Å². The van der Waals surface area contributed by atoms with Crippen LogP contribution < -0.4 is 5.32 Å². The number of nitrogens with zero attached hydrogens (tertiary/aromatic N) is 3. The molecule has 1 saturated heterocycles. The Morgan fingerprint density at radius 1 is 1.39 bits per heavy atom. The third-order valence-corrected chi connectivity index (χ3v) is 5.68. The monoisotopic (exact) mass is 332 g/mol. The van der Waals surface area contributed by atoms with E-state index in [0.29, 0.717) is 12.5 Å². The smallest absolute Gasteiger partial charge is 0.235 e. The second-order valence-electron chi connectivity index (χ2n) is 6.77. The van der Waals surface area contributed by atoms with E-state index in [1.165, 1.54) is 4.88 Å². The van der Waals surface area contributed by atoms with E-state index in [4.69, 9.17) is 0 Å². The van der Waals surface area contributed by atoms with Crippen LogP contribution in [0.3, 0.4) is 0 Å². The third kappa shape index (κ3) is 4.31. The van der Waals surface area contributed by atoms with Crippen LogP contribution in [0.5, 0.6) is 0 Å². The van der Waals surface area contributed by atoms with Gasteiger partial charge in [0.25, 0.3) is 0 Å². The molecule has 1 amide bonds. The average Bonchev–Trinajstić information content (AvgIpc) is 3.28. The lowest BCUT2D eigenvalue weighted by atomic mass is 9.98. The minimum absolute atomic E-state index is 0.0207. The molecule has 3 rings (SSSR count). The van der Waals surface area contributed by atoms with Crippen LogP contribution in [0.1, 0.15) is 24.6 Å². The summed E-state index contributed by atoms with van der Waals surface area (Å²) in [5.74, 6) is 0.312. The van der Waals surface area contributed by atoms with E-state index >= 15 is 0 Å². The molecular formula is C17H24N4OS. The Labute approximate surface area is 141 Å². The standard InChI is InChI=1S/C17H24N4OS/c1-17(13-18,14-4-5-14)19-16(22)12-21-8-6-20(7-9-21)11-15-3-2-10-23-15/h2-3,10,14H,4-9,11-12H2,1H3,(H,19,22)/t17-/m0/s1. The summed E-state index contributed by atoms with van der Waals surface area (Å²) in [6.07, 6.45) is 2.09. The van der Waals surface area contributed by atoms with Gasteiger partial charge in [-0.05, 0) is 37.1 Å². The topological polar surface area (TPSA) is 59.4 Å². The van der Waals surface area contributed by atoms with Gasteiger partial charge in [-0.25, -0.2) is 0 Å². The second kappa shape index (κ2) is 7.00. The van der Waals surface area contributed by atoms with Gasteiger partial charge >= 0.3 is 0 Å². The van der Waals surface area contributed by atoms with Crippen LogP contribution in [0.15, 0.2) is 17.5 Å². The summed E-state index contributed by atoms with van der Waals surface area (Å²) in [6, 6.07) is 6.54. The summed E-state index contributed by atoms with van der Waals surface area (Å²) in [4.78, 5) is 18.3. The van der Waals surface area contributed by atoms with Crippen LogP contribution in [-0.2, 0) is 11.3 Å². The molecule has 0 unspecified atom stereocenters. The Bertz CT molecular complexity index is 570. The summed E-state index contributed by atoms with van der Waals surface area (Å²) in [5, 5.41) is 14.4. The second-order valence-corrected chi connectivity index (χ2v) is 7.80. The van der Waals surface area contributed by atoms with Crippen molar-refractivity contribution in [3.05, 3.63) is 22.4 Å². The van der Waals surface area contributed by atoms with Crippen molar-refractivity contribution in [2.24, 2.45) is 5.92 Å². The lowest BCUT2D eigenvalue weighted by Gasteiger charge is -2.34. The summed E-state index contributed by atoms with van der Waals surface area (Å²) >= 11 is 1.80. The van der Waals surface area contributed by atoms with E-state index in [1.54, 1.807) is 11.3 Å². The Kier molecular flexibility index (Phi) is 5.00. The highest BCUT2D eigenvalue weighted by atomic mass is 32.1. The zero-order chi connectivity index (χ0) is 16.3. The van der Waals surface area contributed by atoms with Gasteiger partial charge in [0.15, 0.2) is 0 Å². The maximum Gasteiger partial charge on any atom is 0.235 e. The first-order chi connectivity index (χ1) is 11.1. The number of thiophene rings is 1. The van der Waals surface area contributed by atoms with E-state index in [0.717, 1.165) is 45.6 Å². The number of rotatable bonds is 6. The van der Waals surface area contributed by atoms with E-state index in [1.807, 2.05) is 6.92 Å². The van der Waals surface area contributed by atoms with E-state index in [9.17, 15) is 10.1 Å². The summed E-state index contributed by atoms with van der Waals surface area (Å²) < 4.78 is 0. The number of carbonyl (C=O) groups excluding carboxylic acids is 1. The molecule has 1 aliphatic heterocycles.